The molecule has 1 heterocycles. The Balaban J connectivity index is 2.13. The zero-order chi connectivity index (χ0) is 15.4. The van der Waals surface area contributed by atoms with E-state index in [2.05, 4.69) is 5.32 Å². The van der Waals surface area contributed by atoms with E-state index in [1.165, 1.54) is 13.0 Å². The number of anilines is 1. The highest BCUT2D eigenvalue weighted by molar-refractivity contribution is 6.06. The largest absolute Gasteiger partial charge is 0.416 e. The lowest BCUT2D eigenvalue weighted by molar-refractivity contribution is -0.139. The molecule has 0 aromatic heterocycles. The lowest BCUT2D eigenvalue weighted by Crippen LogP contribution is -2.40. The van der Waals surface area contributed by atoms with E-state index in [4.69, 9.17) is 0 Å². The first-order valence-electron chi connectivity index (χ1n) is 7.01. The highest BCUT2D eigenvalue weighted by atomic mass is 19.4. The molecule has 3 rings (SSSR count). The molecule has 114 valence electrons. The first-order valence-corrected chi connectivity index (χ1v) is 7.01. The normalized spacial score (nSPS) is 26.0. The van der Waals surface area contributed by atoms with Gasteiger partial charge in [-0.05, 0) is 31.4 Å². The summed E-state index contributed by atoms with van der Waals surface area (Å²) in [5, 5.41) is 13.3. The summed E-state index contributed by atoms with van der Waals surface area (Å²) in [5.74, 6) is -0.832. The molecule has 0 bridgehead atoms. The van der Waals surface area contributed by atoms with Crippen molar-refractivity contribution in [3.05, 3.63) is 28.8 Å². The van der Waals surface area contributed by atoms with Gasteiger partial charge < -0.3 is 10.4 Å². The maximum atomic E-state index is 12.9. The number of alkyl halides is 3. The molecule has 1 aliphatic heterocycles. The van der Waals surface area contributed by atoms with Crippen LogP contribution < -0.4 is 5.32 Å². The van der Waals surface area contributed by atoms with Crippen molar-refractivity contribution in [1.82, 2.24) is 0 Å². The number of carbonyl (C=O) groups is 1. The fraction of sp³-hybridized carbons (Fsp3) is 0.533. The lowest BCUT2D eigenvalue weighted by atomic mass is 9.80. The second kappa shape index (κ2) is 4.47. The van der Waals surface area contributed by atoms with Crippen LogP contribution in [0.25, 0.3) is 0 Å². The third-order valence-corrected chi connectivity index (χ3v) is 4.71. The van der Waals surface area contributed by atoms with Crippen LogP contribution in [0.5, 0.6) is 0 Å². The molecule has 1 atom stereocenters. The van der Waals surface area contributed by atoms with Gasteiger partial charge in [-0.15, -0.1) is 0 Å². The van der Waals surface area contributed by atoms with E-state index in [9.17, 15) is 23.1 Å². The number of hydrogen-bond donors (Lipinski definition) is 2. The Morgan fingerprint density at radius 2 is 1.90 bits per heavy atom. The quantitative estimate of drug-likeness (QED) is 0.835. The van der Waals surface area contributed by atoms with Crippen molar-refractivity contribution in [2.24, 2.45) is 5.92 Å². The number of halogens is 3. The highest BCUT2D eigenvalue weighted by Gasteiger charge is 2.52. The molecule has 1 saturated carbocycles. The second-order valence-electron chi connectivity index (χ2n) is 5.86. The molecule has 21 heavy (non-hydrogen) atoms. The first kappa shape index (κ1) is 14.4. The Morgan fingerprint density at radius 1 is 1.29 bits per heavy atom. The third kappa shape index (κ3) is 1.96. The number of benzene rings is 1. The van der Waals surface area contributed by atoms with Crippen LogP contribution in [-0.2, 0) is 16.6 Å². The lowest BCUT2D eigenvalue weighted by Gasteiger charge is -2.28. The Labute approximate surface area is 120 Å². The molecule has 0 saturated heterocycles. The van der Waals surface area contributed by atoms with Crippen LogP contribution in [0.4, 0.5) is 18.9 Å². The van der Waals surface area contributed by atoms with Crippen LogP contribution in [0.1, 0.15) is 42.4 Å². The molecule has 1 aliphatic carbocycles. The van der Waals surface area contributed by atoms with E-state index in [1.807, 2.05) is 0 Å². The van der Waals surface area contributed by atoms with Crippen LogP contribution in [0.3, 0.4) is 0 Å². The van der Waals surface area contributed by atoms with Crippen LogP contribution in [-0.4, -0.2) is 11.0 Å². The number of aliphatic hydroxyl groups is 1. The fourth-order valence-electron chi connectivity index (χ4n) is 3.58. The number of carbonyl (C=O) groups excluding carboxylic acids is 1. The van der Waals surface area contributed by atoms with Crippen molar-refractivity contribution < 1.29 is 23.1 Å². The van der Waals surface area contributed by atoms with E-state index in [0.717, 1.165) is 18.9 Å². The Kier molecular flexibility index (Phi) is 3.06. The molecule has 0 radical (unpaired) electrons. The van der Waals surface area contributed by atoms with E-state index in [1.54, 1.807) is 0 Å². The van der Waals surface area contributed by atoms with E-state index in [0.29, 0.717) is 12.8 Å². The number of fused-ring (bicyclic) bond motifs is 1. The summed E-state index contributed by atoms with van der Waals surface area (Å²) >= 11 is 0. The van der Waals surface area contributed by atoms with Gasteiger partial charge in [-0.3, -0.25) is 4.79 Å². The summed E-state index contributed by atoms with van der Waals surface area (Å²) in [6.07, 6.45) is -1.20. The first-order chi connectivity index (χ1) is 9.76. The van der Waals surface area contributed by atoms with Crippen molar-refractivity contribution >= 4 is 11.6 Å². The van der Waals surface area contributed by atoms with E-state index in [-0.39, 0.29) is 22.7 Å². The van der Waals surface area contributed by atoms with Crippen molar-refractivity contribution in [3.8, 4) is 0 Å². The van der Waals surface area contributed by atoms with Crippen LogP contribution in [0.2, 0.25) is 0 Å². The fourth-order valence-corrected chi connectivity index (χ4v) is 3.58. The monoisotopic (exact) mass is 299 g/mol. The minimum absolute atomic E-state index is 0.0396. The second-order valence-corrected chi connectivity index (χ2v) is 5.86. The summed E-state index contributed by atoms with van der Waals surface area (Å²) in [5.41, 5.74) is -2.12. The third-order valence-electron chi connectivity index (χ3n) is 4.71. The average Bonchev–Trinajstić information content (AvgIpc) is 2.99. The zero-order valence-electron chi connectivity index (χ0n) is 11.5. The van der Waals surface area contributed by atoms with Crippen LogP contribution in [0.15, 0.2) is 12.1 Å². The predicted molar refractivity (Wildman–Crippen MR) is 70.7 cm³/mol. The van der Waals surface area contributed by atoms with Gasteiger partial charge in [-0.25, -0.2) is 0 Å². The number of amides is 1. The van der Waals surface area contributed by atoms with Crippen molar-refractivity contribution in [3.63, 3.8) is 0 Å². The molecule has 1 aromatic rings. The van der Waals surface area contributed by atoms with Gasteiger partial charge in [-0.1, -0.05) is 18.9 Å². The van der Waals surface area contributed by atoms with E-state index < -0.39 is 23.2 Å². The van der Waals surface area contributed by atoms with Gasteiger partial charge in [0.05, 0.1) is 11.3 Å². The summed E-state index contributed by atoms with van der Waals surface area (Å²) in [6.45, 7) is 1.32. The molecule has 2 N–H and O–H groups in total. The SMILES string of the molecule is Cc1c(C(F)(F)F)ccc2c1NC(=O)C2(O)C1CCCC1. The number of rotatable bonds is 1. The number of hydrogen-bond acceptors (Lipinski definition) is 2. The Morgan fingerprint density at radius 3 is 2.48 bits per heavy atom. The van der Waals surface area contributed by atoms with Crippen LogP contribution >= 0.6 is 0 Å². The summed E-state index contributed by atoms with van der Waals surface area (Å²) in [6, 6.07) is 2.19. The molecule has 6 heteroatoms. The van der Waals surface area contributed by atoms with E-state index >= 15 is 0 Å². The smallest absolute Gasteiger partial charge is 0.375 e. The molecule has 0 spiro atoms. The predicted octanol–water partition coefficient (Wildman–Crippen LogP) is 3.34. The summed E-state index contributed by atoms with van der Waals surface area (Å²) in [7, 11) is 0. The summed E-state index contributed by atoms with van der Waals surface area (Å²) < 4.78 is 38.8. The van der Waals surface area contributed by atoms with Crippen molar-refractivity contribution in [1.29, 1.82) is 0 Å². The molecule has 2 aliphatic rings. The highest BCUT2D eigenvalue weighted by Crippen LogP contribution is 2.49. The van der Waals surface area contributed by atoms with Gasteiger partial charge in [0, 0.05) is 11.5 Å². The Bertz CT molecular complexity index is 606. The zero-order valence-corrected chi connectivity index (χ0v) is 11.5. The van der Waals surface area contributed by atoms with Crippen molar-refractivity contribution in [2.45, 2.75) is 44.4 Å². The Hall–Kier alpha value is -1.56. The minimum Gasteiger partial charge on any atom is -0.375 e. The van der Waals surface area contributed by atoms with Gasteiger partial charge >= 0.3 is 6.18 Å². The maximum Gasteiger partial charge on any atom is 0.416 e. The molecular weight excluding hydrogens is 283 g/mol. The molecule has 1 amide bonds. The maximum absolute atomic E-state index is 12.9. The van der Waals surface area contributed by atoms with Crippen molar-refractivity contribution in [2.75, 3.05) is 5.32 Å². The van der Waals surface area contributed by atoms with Gasteiger partial charge in [0.25, 0.3) is 5.91 Å². The average molecular weight is 299 g/mol. The molecule has 3 nitrogen and oxygen atoms in total. The minimum atomic E-state index is -4.47. The van der Waals surface area contributed by atoms with Gasteiger partial charge in [-0.2, -0.15) is 13.2 Å². The van der Waals surface area contributed by atoms with Crippen LogP contribution in [0, 0.1) is 12.8 Å². The molecular formula is C15H16F3NO2. The van der Waals surface area contributed by atoms with Gasteiger partial charge in [0.15, 0.2) is 5.60 Å². The molecule has 1 aromatic carbocycles. The standard InChI is InChI=1S/C15H16F3NO2/c1-8-10(15(16,17)18)6-7-11-12(8)19-13(20)14(11,21)9-4-2-3-5-9/h6-7,9,21H,2-5H2,1H3,(H,19,20). The topological polar surface area (TPSA) is 49.3 Å². The molecule has 1 fully saturated rings. The number of nitrogens with one attached hydrogen (secondary N) is 1. The summed E-state index contributed by atoms with van der Waals surface area (Å²) in [4.78, 5) is 12.2. The molecule has 1 unspecified atom stereocenters. The van der Waals surface area contributed by atoms with Gasteiger partial charge in [0.2, 0.25) is 0 Å². The van der Waals surface area contributed by atoms with Gasteiger partial charge in [0.1, 0.15) is 0 Å².